The minimum Gasteiger partial charge on any atom is -0.337 e. The second-order valence-electron chi connectivity index (χ2n) is 3.59. The first-order valence-electron chi connectivity index (χ1n) is 4.97. The Morgan fingerprint density at radius 2 is 2.18 bits per heavy atom. The Labute approximate surface area is 97.0 Å². The molecule has 2 rings (SSSR count). The normalized spacial score (nSPS) is 10.2. The minimum atomic E-state index is -0.449. The summed E-state index contributed by atoms with van der Waals surface area (Å²) in [6, 6.07) is 3.00. The van der Waals surface area contributed by atoms with E-state index in [0.717, 1.165) is 11.4 Å². The van der Waals surface area contributed by atoms with Gasteiger partial charge < -0.3 is 5.32 Å². The molecule has 0 atom stereocenters. The Morgan fingerprint density at radius 1 is 1.41 bits per heavy atom. The molecule has 88 valence electrons. The Morgan fingerprint density at radius 3 is 2.71 bits per heavy atom. The number of aromatic nitrogens is 3. The van der Waals surface area contributed by atoms with Gasteiger partial charge in [-0.2, -0.15) is 5.10 Å². The number of nitrogens with one attached hydrogen (secondary N) is 2. The Kier molecular flexibility index (Phi) is 2.73. The average molecular weight is 233 g/mol. The van der Waals surface area contributed by atoms with Crippen molar-refractivity contribution in [3.63, 3.8) is 0 Å². The van der Waals surface area contributed by atoms with Crippen molar-refractivity contribution >= 4 is 17.2 Å². The predicted molar refractivity (Wildman–Crippen MR) is 62.2 cm³/mol. The van der Waals surface area contributed by atoms with Crippen LogP contribution in [-0.4, -0.2) is 20.1 Å². The summed E-state index contributed by atoms with van der Waals surface area (Å²) >= 11 is 0. The highest BCUT2D eigenvalue weighted by Crippen LogP contribution is 2.21. The van der Waals surface area contributed by atoms with E-state index in [0.29, 0.717) is 11.5 Å². The third-order valence-electron chi connectivity index (χ3n) is 2.35. The van der Waals surface area contributed by atoms with Gasteiger partial charge >= 0.3 is 0 Å². The fourth-order valence-electron chi connectivity index (χ4n) is 1.43. The molecule has 0 spiro atoms. The summed E-state index contributed by atoms with van der Waals surface area (Å²) < 4.78 is 0. The van der Waals surface area contributed by atoms with Crippen molar-refractivity contribution in [2.24, 2.45) is 0 Å². The van der Waals surface area contributed by atoms with E-state index in [9.17, 15) is 10.1 Å². The Hall–Kier alpha value is -2.44. The molecule has 0 saturated carbocycles. The summed E-state index contributed by atoms with van der Waals surface area (Å²) in [6.45, 7) is 3.47. The van der Waals surface area contributed by atoms with Crippen molar-refractivity contribution in [1.29, 1.82) is 0 Å². The number of pyridine rings is 1. The molecule has 0 radical (unpaired) electrons. The zero-order valence-electron chi connectivity index (χ0n) is 9.39. The highest BCUT2D eigenvalue weighted by Gasteiger charge is 2.12. The molecule has 0 unspecified atom stereocenters. The number of anilines is 2. The van der Waals surface area contributed by atoms with Crippen LogP contribution in [0.1, 0.15) is 11.4 Å². The number of aromatic amines is 1. The minimum absolute atomic E-state index is 0.0134. The lowest BCUT2D eigenvalue weighted by Gasteiger charge is -2.04. The van der Waals surface area contributed by atoms with Gasteiger partial charge in [0.1, 0.15) is 11.5 Å². The lowest BCUT2D eigenvalue weighted by atomic mass is 10.3. The van der Waals surface area contributed by atoms with E-state index in [4.69, 9.17) is 0 Å². The van der Waals surface area contributed by atoms with Gasteiger partial charge in [-0.3, -0.25) is 15.2 Å². The maximum Gasteiger partial charge on any atom is 0.290 e. The van der Waals surface area contributed by atoms with Gasteiger partial charge in [0.25, 0.3) is 5.69 Å². The number of aryl methyl sites for hydroxylation is 2. The molecular weight excluding hydrogens is 222 g/mol. The number of rotatable bonds is 3. The molecular formula is C10H11N5O2. The predicted octanol–water partition coefficient (Wildman–Crippen LogP) is 2.07. The second-order valence-corrected chi connectivity index (χ2v) is 3.59. The summed E-state index contributed by atoms with van der Waals surface area (Å²) in [7, 11) is 0. The molecule has 7 nitrogen and oxygen atoms in total. The number of H-pyrrole nitrogens is 1. The van der Waals surface area contributed by atoms with Crippen molar-refractivity contribution in [2.75, 3.05) is 5.32 Å². The van der Waals surface area contributed by atoms with Gasteiger partial charge in [-0.05, 0) is 19.9 Å². The van der Waals surface area contributed by atoms with Gasteiger partial charge in [-0.1, -0.05) is 0 Å². The summed E-state index contributed by atoms with van der Waals surface area (Å²) in [5.74, 6) is 0.553. The van der Waals surface area contributed by atoms with Gasteiger partial charge in [-0.25, -0.2) is 4.98 Å². The molecule has 0 aliphatic rings. The highest BCUT2D eigenvalue weighted by atomic mass is 16.6. The van der Waals surface area contributed by atoms with Crippen LogP contribution < -0.4 is 5.32 Å². The van der Waals surface area contributed by atoms with E-state index in [1.54, 1.807) is 19.2 Å². The van der Waals surface area contributed by atoms with Crippen LogP contribution in [0.2, 0.25) is 0 Å². The first-order valence-corrected chi connectivity index (χ1v) is 4.97. The zero-order chi connectivity index (χ0) is 12.4. The van der Waals surface area contributed by atoms with Crippen LogP contribution in [0.5, 0.6) is 0 Å². The summed E-state index contributed by atoms with van der Waals surface area (Å²) in [6.07, 6.45) is 1.63. The first kappa shape index (κ1) is 11.1. The van der Waals surface area contributed by atoms with Crippen molar-refractivity contribution in [3.05, 3.63) is 39.8 Å². The maximum absolute atomic E-state index is 10.6. The molecule has 0 fully saturated rings. The molecule has 7 heteroatoms. The molecule has 0 saturated heterocycles. The van der Waals surface area contributed by atoms with Crippen molar-refractivity contribution in [3.8, 4) is 0 Å². The summed E-state index contributed by atoms with van der Waals surface area (Å²) in [5, 5.41) is 20.3. The molecule has 0 aliphatic carbocycles. The van der Waals surface area contributed by atoms with Crippen LogP contribution in [0.3, 0.4) is 0 Å². The van der Waals surface area contributed by atoms with E-state index in [1.165, 1.54) is 6.07 Å². The highest BCUT2D eigenvalue weighted by molar-refractivity contribution is 5.58. The molecule has 2 heterocycles. The lowest BCUT2D eigenvalue weighted by Crippen LogP contribution is -1.99. The molecule has 17 heavy (non-hydrogen) atoms. The average Bonchev–Trinajstić information content (AvgIpc) is 2.64. The van der Waals surface area contributed by atoms with Gasteiger partial charge in [0, 0.05) is 6.07 Å². The van der Waals surface area contributed by atoms with Crippen LogP contribution in [-0.2, 0) is 0 Å². The van der Waals surface area contributed by atoms with Gasteiger partial charge in [0.05, 0.1) is 22.5 Å². The monoisotopic (exact) mass is 233 g/mol. The van der Waals surface area contributed by atoms with E-state index < -0.39 is 4.92 Å². The Bertz CT molecular complexity index is 564. The van der Waals surface area contributed by atoms with Crippen molar-refractivity contribution < 1.29 is 4.92 Å². The molecule has 2 N–H and O–H groups in total. The topological polar surface area (TPSA) is 96.7 Å². The van der Waals surface area contributed by atoms with Gasteiger partial charge in [-0.15, -0.1) is 0 Å². The number of nitrogens with zero attached hydrogens (tertiary/aromatic N) is 3. The molecule has 0 bridgehead atoms. The van der Waals surface area contributed by atoms with Crippen LogP contribution in [0.25, 0.3) is 0 Å². The maximum atomic E-state index is 10.6. The van der Waals surface area contributed by atoms with E-state index in [2.05, 4.69) is 20.5 Å². The Balaban J connectivity index is 2.27. The van der Waals surface area contributed by atoms with Gasteiger partial charge in [0.2, 0.25) is 0 Å². The largest absolute Gasteiger partial charge is 0.337 e. The zero-order valence-corrected chi connectivity index (χ0v) is 9.39. The fourth-order valence-corrected chi connectivity index (χ4v) is 1.43. The summed E-state index contributed by atoms with van der Waals surface area (Å²) in [4.78, 5) is 14.3. The smallest absolute Gasteiger partial charge is 0.290 e. The lowest BCUT2D eigenvalue weighted by molar-refractivity contribution is -0.385. The SMILES string of the molecule is Cc1nc(Nc2cn[nH]c2C)ccc1[N+](=O)[O-]. The van der Waals surface area contributed by atoms with Crippen LogP contribution in [0.4, 0.5) is 17.2 Å². The third-order valence-corrected chi connectivity index (χ3v) is 2.35. The van der Waals surface area contributed by atoms with E-state index in [-0.39, 0.29) is 5.69 Å². The van der Waals surface area contributed by atoms with E-state index >= 15 is 0 Å². The molecule has 2 aromatic heterocycles. The quantitative estimate of drug-likeness (QED) is 0.624. The first-order chi connectivity index (χ1) is 8.08. The number of hydrogen-bond acceptors (Lipinski definition) is 5. The summed E-state index contributed by atoms with van der Waals surface area (Å²) in [5.41, 5.74) is 2.06. The number of hydrogen-bond donors (Lipinski definition) is 2. The van der Waals surface area contributed by atoms with Crippen LogP contribution in [0, 0.1) is 24.0 Å². The third kappa shape index (κ3) is 2.22. The van der Waals surface area contributed by atoms with Crippen molar-refractivity contribution in [2.45, 2.75) is 13.8 Å². The fraction of sp³-hybridized carbons (Fsp3) is 0.200. The molecule has 0 aliphatic heterocycles. The second kappa shape index (κ2) is 4.20. The van der Waals surface area contributed by atoms with Crippen LogP contribution >= 0.6 is 0 Å². The van der Waals surface area contributed by atoms with Crippen LogP contribution in [0.15, 0.2) is 18.3 Å². The molecule has 2 aromatic rings. The van der Waals surface area contributed by atoms with Gasteiger partial charge in [0.15, 0.2) is 0 Å². The molecule has 0 aromatic carbocycles. The molecule has 0 amide bonds. The van der Waals surface area contributed by atoms with E-state index in [1.807, 2.05) is 6.92 Å². The van der Waals surface area contributed by atoms with Crippen molar-refractivity contribution in [1.82, 2.24) is 15.2 Å². The standard InChI is InChI=1S/C10H11N5O2/c1-6-8(5-11-14-6)13-10-4-3-9(15(16)17)7(2)12-10/h3-5H,1-2H3,(H,11,14)(H,12,13). The number of nitro groups is 1.